The number of thiazole rings is 1. The van der Waals surface area contributed by atoms with Gasteiger partial charge in [-0.1, -0.05) is 83.6 Å². The molecule has 0 radical (unpaired) electrons. The number of aromatic nitrogens is 1. The van der Waals surface area contributed by atoms with Gasteiger partial charge in [0.15, 0.2) is 16.3 Å². The Kier molecular flexibility index (Phi) is 10.1. The molecule has 0 spiro atoms. The predicted octanol–water partition coefficient (Wildman–Crippen LogP) is 6.95. The van der Waals surface area contributed by atoms with Gasteiger partial charge in [0.1, 0.15) is 12.4 Å². The predicted molar refractivity (Wildman–Crippen MR) is 191 cm³/mol. The van der Waals surface area contributed by atoms with E-state index >= 15 is 0 Å². The average Bonchev–Trinajstić information content (AvgIpc) is 3.41. The first-order valence-corrected chi connectivity index (χ1v) is 17.0. The lowest BCUT2D eigenvalue weighted by atomic mass is 9.93. The number of ether oxygens (including phenoxy) is 4. The maximum absolute atomic E-state index is 14.3. The number of halogens is 2. The molecule has 1 atom stereocenters. The monoisotopic (exact) mass is 744 g/mol. The highest BCUT2D eigenvalue weighted by atomic mass is 79.9. The molecule has 0 amide bonds. The van der Waals surface area contributed by atoms with Crippen LogP contribution in [0.2, 0.25) is 5.02 Å². The second-order valence-electron chi connectivity index (χ2n) is 10.6. The molecule has 244 valence electrons. The number of hydrogen-bond donors (Lipinski definition) is 0. The van der Waals surface area contributed by atoms with Gasteiger partial charge in [-0.3, -0.25) is 9.36 Å². The Labute approximate surface area is 294 Å². The van der Waals surface area contributed by atoms with Crippen LogP contribution in [-0.2, 0) is 16.1 Å². The van der Waals surface area contributed by atoms with E-state index in [-0.39, 0.29) is 24.3 Å². The molecule has 1 aromatic heterocycles. The fourth-order valence-electron chi connectivity index (χ4n) is 5.45. The van der Waals surface area contributed by atoms with Gasteiger partial charge in [0.2, 0.25) is 0 Å². The van der Waals surface area contributed by atoms with Crippen molar-refractivity contribution in [2.45, 2.75) is 19.6 Å². The SMILES string of the molecule is CCOC(=O)C1=C(c2ccccc2)N=c2s/c(=C\c3cc(Br)c(OCc4ccccc4Cl)c(OC)c3)c(=O)n2[C@@H]1c1cccc(OC)c1. The van der Waals surface area contributed by atoms with Crippen molar-refractivity contribution in [3.05, 3.63) is 148 Å². The molecule has 2 heterocycles. The van der Waals surface area contributed by atoms with Crippen LogP contribution in [0.25, 0.3) is 11.8 Å². The Bertz CT molecular complexity index is 2210. The van der Waals surface area contributed by atoms with Crippen LogP contribution in [0.5, 0.6) is 17.2 Å². The van der Waals surface area contributed by atoms with E-state index in [1.807, 2.05) is 84.9 Å². The van der Waals surface area contributed by atoms with Crippen LogP contribution < -0.4 is 29.1 Å². The Morgan fingerprint density at radius 3 is 2.50 bits per heavy atom. The Morgan fingerprint density at radius 2 is 1.77 bits per heavy atom. The Hall–Kier alpha value is -4.64. The zero-order valence-corrected chi connectivity index (χ0v) is 29.4. The number of carbonyl (C=O) groups is 1. The van der Waals surface area contributed by atoms with Gasteiger partial charge in [0, 0.05) is 16.1 Å². The normalized spacial score (nSPS) is 14.3. The van der Waals surface area contributed by atoms with Gasteiger partial charge in [-0.15, -0.1) is 0 Å². The first-order valence-electron chi connectivity index (χ1n) is 15.0. The smallest absolute Gasteiger partial charge is 0.338 e. The number of esters is 1. The molecule has 11 heteroatoms. The molecule has 8 nitrogen and oxygen atoms in total. The molecule has 0 N–H and O–H groups in total. The van der Waals surface area contributed by atoms with Gasteiger partial charge in [-0.25, -0.2) is 9.79 Å². The highest BCUT2D eigenvalue weighted by Gasteiger charge is 2.35. The third kappa shape index (κ3) is 6.69. The molecule has 48 heavy (non-hydrogen) atoms. The summed E-state index contributed by atoms with van der Waals surface area (Å²) in [6.45, 7) is 2.15. The summed E-state index contributed by atoms with van der Waals surface area (Å²) in [7, 11) is 3.12. The third-order valence-corrected chi connectivity index (χ3v) is 9.60. The van der Waals surface area contributed by atoms with Crippen molar-refractivity contribution in [1.82, 2.24) is 4.57 Å². The molecule has 0 fully saturated rings. The van der Waals surface area contributed by atoms with Crippen molar-refractivity contribution in [3.63, 3.8) is 0 Å². The van der Waals surface area contributed by atoms with Crippen LogP contribution in [0.15, 0.2) is 111 Å². The topological polar surface area (TPSA) is 88.4 Å². The standard InChI is InChI=1S/C37H30BrClN2O6S/c1-4-46-36(43)31-32(23-11-6-5-7-12-23)40-37-41(33(31)24-14-10-15-26(20-24)44-2)35(42)30(48-37)19-22-17-27(38)34(29(18-22)45-3)47-21-25-13-8-9-16-28(25)39/h5-20,33H,4,21H2,1-3H3/b30-19-/t33-/m1/s1. The summed E-state index contributed by atoms with van der Waals surface area (Å²) >= 11 is 11.2. The summed E-state index contributed by atoms with van der Waals surface area (Å²) in [4.78, 5) is 33.4. The minimum atomic E-state index is -0.824. The summed E-state index contributed by atoms with van der Waals surface area (Å²) in [5.74, 6) is 1.01. The number of carbonyl (C=O) groups excluding carboxylic acids is 1. The van der Waals surface area contributed by atoms with Crippen molar-refractivity contribution in [3.8, 4) is 17.2 Å². The Balaban J connectivity index is 1.51. The van der Waals surface area contributed by atoms with Gasteiger partial charge in [-0.2, -0.15) is 0 Å². The molecule has 0 unspecified atom stereocenters. The van der Waals surface area contributed by atoms with Crippen molar-refractivity contribution in [2.75, 3.05) is 20.8 Å². The molecule has 1 aliphatic rings. The zero-order chi connectivity index (χ0) is 33.8. The van der Waals surface area contributed by atoms with Crippen molar-refractivity contribution in [2.24, 2.45) is 4.99 Å². The van der Waals surface area contributed by atoms with Gasteiger partial charge < -0.3 is 18.9 Å². The van der Waals surface area contributed by atoms with Crippen LogP contribution in [-0.4, -0.2) is 31.4 Å². The summed E-state index contributed by atoms with van der Waals surface area (Å²) in [6, 6.07) is 27.0. The number of methoxy groups -OCH3 is 2. The van der Waals surface area contributed by atoms with E-state index in [1.165, 1.54) is 11.3 Å². The third-order valence-electron chi connectivity index (χ3n) is 7.66. The van der Waals surface area contributed by atoms with E-state index in [0.29, 0.717) is 52.9 Å². The number of benzene rings is 4. The highest BCUT2D eigenvalue weighted by molar-refractivity contribution is 9.10. The molecule has 0 bridgehead atoms. The zero-order valence-electron chi connectivity index (χ0n) is 26.2. The fourth-order valence-corrected chi connectivity index (χ4v) is 7.21. The van der Waals surface area contributed by atoms with Crippen LogP contribution >= 0.6 is 38.9 Å². The largest absolute Gasteiger partial charge is 0.497 e. The molecule has 4 aromatic carbocycles. The van der Waals surface area contributed by atoms with Gasteiger partial charge in [0.05, 0.1) is 47.1 Å². The summed E-state index contributed by atoms with van der Waals surface area (Å²) in [6.07, 6.45) is 1.77. The molecule has 0 aliphatic carbocycles. The minimum Gasteiger partial charge on any atom is -0.497 e. The van der Waals surface area contributed by atoms with E-state index in [4.69, 9.17) is 35.5 Å². The molecule has 1 aliphatic heterocycles. The van der Waals surface area contributed by atoms with Crippen molar-refractivity contribution >= 4 is 56.6 Å². The van der Waals surface area contributed by atoms with Gasteiger partial charge >= 0.3 is 5.97 Å². The van der Waals surface area contributed by atoms with E-state index in [2.05, 4.69) is 15.9 Å². The fraction of sp³-hybridized carbons (Fsp3) is 0.162. The lowest BCUT2D eigenvalue weighted by Gasteiger charge is -2.26. The average molecular weight is 746 g/mol. The van der Waals surface area contributed by atoms with Crippen molar-refractivity contribution in [1.29, 1.82) is 0 Å². The second kappa shape index (κ2) is 14.6. The molecular formula is C37H30BrClN2O6S. The highest BCUT2D eigenvalue weighted by Crippen LogP contribution is 2.38. The van der Waals surface area contributed by atoms with E-state index in [0.717, 1.165) is 11.1 Å². The van der Waals surface area contributed by atoms with Crippen molar-refractivity contribution < 1.29 is 23.7 Å². The van der Waals surface area contributed by atoms with Crippen LogP contribution in [0, 0.1) is 0 Å². The maximum atomic E-state index is 14.3. The lowest BCUT2D eigenvalue weighted by Crippen LogP contribution is -2.40. The number of hydrogen-bond acceptors (Lipinski definition) is 8. The first-order chi connectivity index (χ1) is 23.3. The first kappa shape index (κ1) is 33.3. The molecule has 0 saturated heterocycles. The summed E-state index contributed by atoms with van der Waals surface area (Å²) in [5.41, 5.74) is 3.33. The van der Waals surface area contributed by atoms with E-state index in [1.54, 1.807) is 37.9 Å². The lowest BCUT2D eigenvalue weighted by molar-refractivity contribution is -0.138. The van der Waals surface area contributed by atoms with Crippen LogP contribution in [0.3, 0.4) is 0 Å². The number of nitrogens with zero attached hydrogens (tertiary/aromatic N) is 2. The molecule has 6 rings (SSSR count). The molecule has 5 aromatic rings. The van der Waals surface area contributed by atoms with Crippen LogP contribution in [0.1, 0.15) is 35.2 Å². The second-order valence-corrected chi connectivity index (χ2v) is 12.9. The van der Waals surface area contributed by atoms with Crippen LogP contribution in [0.4, 0.5) is 0 Å². The quantitative estimate of drug-likeness (QED) is 0.144. The van der Waals surface area contributed by atoms with E-state index < -0.39 is 12.0 Å². The molecule has 0 saturated carbocycles. The van der Waals surface area contributed by atoms with Gasteiger partial charge in [0.25, 0.3) is 5.56 Å². The Morgan fingerprint density at radius 1 is 1.00 bits per heavy atom. The minimum absolute atomic E-state index is 0.161. The number of fused-ring (bicyclic) bond motifs is 1. The molecular weight excluding hydrogens is 716 g/mol. The van der Waals surface area contributed by atoms with E-state index in [9.17, 15) is 9.59 Å². The summed E-state index contributed by atoms with van der Waals surface area (Å²) in [5, 5.41) is 0.605. The van der Waals surface area contributed by atoms with Gasteiger partial charge in [-0.05, 0) is 70.4 Å². The summed E-state index contributed by atoms with van der Waals surface area (Å²) < 4.78 is 25.5. The number of rotatable bonds is 10. The maximum Gasteiger partial charge on any atom is 0.338 e.